The first-order chi connectivity index (χ1) is 9.60. The van der Waals surface area contributed by atoms with Crippen molar-refractivity contribution in [3.05, 3.63) is 72.5 Å². The van der Waals surface area contributed by atoms with Crippen molar-refractivity contribution in [1.29, 1.82) is 0 Å². The minimum atomic E-state index is -3.87. The molecule has 0 heterocycles. The number of hydrogen-bond donors (Lipinski definition) is 0. The maximum atomic E-state index is 13.8. The second-order valence-electron chi connectivity index (χ2n) is 4.41. The SMILES string of the molecule is O=S(=O)(c1ccccc1F)c1cccc2ccccc12. The van der Waals surface area contributed by atoms with Crippen molar-refractivity contribution >= 4 is 20.6 Å². The Balaban J connectivity index is 2.33. The van der Waals surface area contributed by atoms with E-state index >= 15 is 0 Å². The van der Waals surface area contributed by atoms with Gasteiger partial charge in [0.1, 0.15) is 10.7 Å². The van der Waals surface area contributed by atoms with Crippen LogP contribution in [0.25, 0.3) is 10.8 Å². The molecule has 0 atom stereocenters. The van der Waals surface area contributed by atoms with E-state index in [-0.39, 0.29) is 9.79 Å². The summed E-state index contributed by atoms with van der Waals surface area (Å²) in [5, 5.41) is 1.41. The first kappa shape index (κ1) is 12.8. The third-order valence-electron chi connectivity index (χ3n) is 3.17. The van der Waals surface area contributed by atoms with Crippen LogP contribution in [0.3, 0.4) is 0 Å². The van der Waals surface area contributed by atoms with Gasteiger partial charge in [-0.15, -0.1) is 0 Å². The fourth-order valence-corrected chi connectivity index (χ4v) is 3.76. The van der Waals surface area contributed by atoms with Gasteiger partial charge in [-0.1, -0.05) is 48.5 Å². The smallest absolute Gasteiger partial charge is 0.210 e. The van der Waals surface area contributed by atoms with Crippen LogP contribution in [0.4, 0.5) is 4.39 Å². The molecule has 4 heteroatoms. The van der Waals surface area contributed by atoms with E-state index in [1.165, 1.54) is 24.3 Å². The molecule has 0 N–H and O–H groups in total. The molecule has 100 valence electrons. The first-order valence-corrected chi connectivity index (χ1v) is 7.56. The monoisotopic (exact) mass is 286 g/mol. The van der Waals surface area contributed by atoms with Gasteiger partial charge in [-0.05, 0) is 23.6 Å². The van der Waals surface area contributed by atoms with Gasteiger partial charge in [-0.25, -0.2) is 12.8 Å². The van der Waals surface area contributed by atoms with E-state index in [0.29, 0.717) is 5.39 Å². The minimum absolute atomic E-state index is 0.126. The fraction of sp³-hybridized carbons (Fsp3) is 0. The summed E-state index contributed by atoms with van der Waals surface area (Å²) < 4.78 is 39.0. The second-order valence-corrected chi connectivity index (χ2v) is 6.30. The molecule has 0 unspecified atom stereocenters. The van der Waals surface area contributed by atoms with E-state index in [1.54, 1.807) is 18.2 Å². The minimum Gasteiger partial charge on any atom is -0.218 e. The molecule has 0 saturated heterocycles. The number of hydrogen-bond acceptors (Lipinski definition) is 2. The van der Waals surface area contributed by atoms with Gasteiger partial charge in [0.2, 0.25) is 9.84 Å². The molecule has 0 aliphatic carbocycles. The molecule has 3 rings (SSSR count). The van der Waals surface area contributed by atoms with Gasteiger partial charge >= 0.3 is 0 Å². The van der Waals surface area contributed by atoms with Crippen molar-refractivity contribution in [1.82, 2.24) is 0 Å². The third kappa shape index (κ3) is 1.98. The molecule has 0 radical (unpaired) electrons. The lowest BCUT2D eigenvalue weighted by atomic mass is 10.1. The molecular formula is C16H11FO2S. The lowest BCUT2D eigenvalue weighted by molar-refractivity contribution is 0.567. The number of benzene rings is 3. The molecule has 0 fully saturated rings. The van der Waals surface area contributed by atoms with Gasteiger partial charge in [0.25, 0.3) is 0 Å². The van der Waals surface area contributed by atoms with Crippen LogP contribution in [0.5, 0.6) is 0 Å². The quantitative estimate of drug-likeness (QED) is 0.718. The molecular weight excluding hydrogens is 275 g/mol. The number of fused-ring (bicyclic) bond motifs is 1. The fourth-order valence-electron chi connectivity index (χ4n) is 2.21. The topological polar surface area (TPSA) is 34.1 Å². The summed E-state index contributed by atoms with van der Waals surface area (Å²) in [6, 6.07) is 17.6. The van der Waals surface area contributed by atoms with Gasteiger partial charge in [-0.2, -0.15) is 0 Å². The Kier molecular flexibility index (Phi) is 3.03. The number of sulfone groups is 1. The van der Waals surface area contributed by atoms with E-state index < -0.39 is 15.7 Å². The van der Waals surface area contributed by atoms with Gasteiger partial charge in [0, 0.05) is 5.39 Å². The van der Waals surface area contributed by atoms with Crippen molar-refractivity contribution in [2.45, 2.75) is 9.79 Å². The Bertz CT molecular complexity index is 880. The van der Waals surface area contributed by atoms with Crippen LogP contribution in [0.15, 0.2) is 76.5 Å². The van der Waals surface area contributed by atoms with E-state index in [4.69, 9.17) is 0 Å². The average Bonchev–Trinajstić information content (AvgIpc) is 2.47. The van der Waals surface area contributed by atoms with Crippen molar-refractivity contribution in [2.75, 3.05) is 0 Å². The van der Waals surface area contributed by atoms with Gasteiger partial charge in [-0.3, -0.25) is 0 Å². The standard InChI is InChI=1S/C16H11FO2S/c17-14-9-3-4-10-16(14)20(18,19)15-11-5-7-12-6-1-2-8-13(12)15/h1-11H. The molecule has 3 aromatic carbocycles. The van der Waals surface area contributed by atoms with Crippen LogP contribution in [-0.4, -0.2) is 8.42 Å². The molecule has 0 saturated carbocycles. The third-order valence-corrected chi connectivity index (χ3v) is 5.01. The number of halogens is 1. The van der Waals surface area contributed by atoms with E-state index in [2.05, 4.69) is 0 Å². The first-order valence-electron chi connectivity index (χ1n) is 6.08. The molecule has 0 spiro atoms. The highest BCUT2D eigenvalue weighted by atomic mass is 32.2. The highest BCUT2D eigenvalue weighted by Crippen LogP contribution is 2.29. The Morgan fingerprint density at radius 3 is 2.10 bits per heavy atom. The Labute approximate surface area is 116 Å². The maximum absolute atomic E-state index is 13.8. The molecule has 2 nitrogen and oxygen atoms in total. The number of rotatable bonds is 2. The van der Waals surface area contributed by atoms with Crippen LogP contribution in [-0.2, 0) is 9.84 Å². The molecule has 20 heavy (non-hydrogen) atoms. The van der Waals surface area contributed by atoms with E-state index in [9.17, 15) is 12.8 Å². The predicted octanol–water partition coefficient (Wildman–Crippen LogP) is 3.81. The zero-order valence-electron chi connectivity index (χ0n) is 10.5. The summed E-state index contributed by atoms with van der Waals surface area (Å²) in [6.07, 6.45) is 0. The van der Waals surface area contributed by atoms with Gasteiger partial charge in [0.15, 0.2) is 0 Å². The summed E-state index contributed by atoms with van der Waals surface area (Å²) in [6.45, 7) is 0. The summed E-state index contributed by atoms with van der Waals surface area (Å²) in [5.74, 6) is -0.736. The normalized spacial score (nSPS) is 11.7. The summed E-state index contributed by atoms with van der Waals surface area (Å²) in [5.41, 5.74) is 0. The largest absolute Gasteiger partial charge is 0.218 e. The zero-order valence-corrected chi connectivity index (χ0v) is 11.3. The van der Waals surface area contributed by atoms with Crippen LogP contribution in [0.1, 0.15) is 0 Å². The van der Waals surface area contributed by atoms with Crippen molar-refractivity contribution in [2.24, 2.45) is 0 Å². The lowest BCUT2D eigenvalue weighted by Gasteiger charge is -2.08. The van der Waals surface area contributed by atoms with Gasteiger partial charge in [0.05, 0.1) is 4.90 Å². The Hall–Kier alpha value is -2.20. The van der Waals surface area contributed by atoms with Crippen molar-refractivity contribution in [3.8, 4) is 0 Å². The lowest BCUT2D eigenvalue weighted by Crippen LogP contribution is -2.05. The average molecular weight is 286 g/mol. The van der Waals surface area contributed by atoms with Crippen LogP contribution in [0.2, 0.25) is 0 Å². The Morgan fingerprint density at radius 2 is 1.30 bits per heavy atom. The van der Waals surface area contributed by atoms with Crippen molar-refractivity contribution < 1.29 is 12.8 Å². The molecule has 0 aliphatic heterocycles. The Morgan fingerprint density at radius 1 is 0.700 bits per heavy atom. The highest BCUT2D eigenvalue weighted by Gasteiger charge is 2.23. The maximum Gasteiger partial charge on any atom is 0.210 e. The van der Waals surface area contributed by atoms with Gasteiger partial charge < -0.3 is 0 Å². The van der Waals surface area contributed by atoms with Crippen molar-refractivity contribution in [3.63, 3.8) is 0 Å². The van der Waals surface area contributed by atoms with Crippen LogP contribution in [0, 0.1) is 5.82 Å². The highest BCUT2D eigenvalue weighted by molar-refractivity contribution is 7.91. The molecule has 0 aromatic heterocycles. The molecule has 0 amide bonds. The molecule has 0 aliphatic rings. The molecule has 3 aromatic rings. The summed E-state index contributed by atoms with van der Waals surface area (Å²) in [7, 11) is -3.87. The van der Waals surface area contributed by atoms with E-state index in [1.807, 2.05) is 18.2 Å². The van der Waals surface area contributed by atoms with Crippen LogP contribution >= 0.6 is 0 Å². The zero-order chi connectivity index (χ0) is 14.2. The second kappa shape index (κ2) is 4.72. The molecule has 0 bridgehead atoms. The summed E-state index contributed by atoms with van der Waals surface area (Å²) in [4.78, 5) is -0.169. The summed E-state index contributed by atoms with van der Waals surface area (Å²) >= 11 is 0. The van der Waals surface area contributed by atoms with E-state index in [0.717, 1.165) is 11.5 Å². The van der Waals surface area contributed by atoms with Crippen LogP contribution < -0.4 is 0 Å². The predicted molar refractivity (Wildman–Crippen MR) is 75.8 cm³/mol.